The minimum Gasteiger partial charge on any atom is -0.488 e. The number of thiazole rings is 1. The van der Waals surface area contributed by atoms with Gasteiger partial charge in [0.15, 0.2) is 5.96 Å². The summed E-state index contributed by atoms with van der Waals surface area (Å²) in [7, 11) is 1.78. The molecule has 0 aliphatic carbocycles. The van der Waals surface area contributed by atoms with Gasteiger partial charge in [0.1, 0.15) is 11.9 Å². The summed E-state index contributed by atoms with van der Waals surface area (Å²) in [5.41, 5.74) is 2.31. The molecule has 27 heavy (non-hydrogen) atoms. The molecular weight excluding hydrogens is 360 g/mol. The number of aryl methyl sites for hydroxylation is 2. The molecule has 1 aliphatic rings. The maximum absolute atomic E-state index is 6.16. The van der Waals surface area contributed by atoms with E-state index in [1.54, 1.807) is 18.4 Å². The van der Waals surface area contributed by atoms with Crippen molar-refractivity contribution >= 4 is 17.3 Å². The highest BCUT2D eigenvalue weighted by Crippen LogP contribution is 2.23. The summed E-state index contributed by atoms with van der Waals surface area (Å²) < 4.78 is 11.6. The van der Waals surface area contributed by atoms with E-state index >= 15 is 0 Å². The number of guanidine groups is 1. The number of aliphatic imine (C=N–C) groups is 1. The van der Waals surface area contributed by atoms with Crippen LogP contribution < -0.4 is 15.4 Å². The van der Waals surface area contributed by atoms with E-state index in [2.05, 4.69) is 52.7 Å². The van der Waals surface area contributed by atoms with Crippen molar-refractivity contribution in [3.05, 3.63) is 45.4 Å². The average molecular weight is 389 g/mol. The second kappa shape index (κ2) is 9.71. The maximum atomic E-state index is 6.16. The van der Waals surface area contributed by atoms with Crippen molar-refractivity contribution in [3.8, 4) is 5.75 Å². The molecule has 6 nitrogen and oxygen atoms in total. The molecule has 1 saturated heterocycles. The molecule has 0 bridgehead atoms. The lowest BCUT2D eigenvalue weighted by Crippen LogP contribution is -2.38. The topological polar surface area (TPSA) is 67.8 Å². The van der Waals surface area contributed by atoms with Crippen molar-refractivity contribution in [1.82, 2.24) is 15.6 Å². The van der Waals surface area contributed by atoms with Crippen LogP contribution in [0.4, 0.5) is 0 Å². The van der Waals surface area contributed by atoms with Gasteiger partial charge in [-0.1, -0.05) is 12.1 Å². The first-order valence-electron chi connectivity index (χ1n) is 9.34. The fraction of sp³-hybridized carbons (Fsp3) is 0.500. The minimum atomic E-state index is 0.143. The Morgan fingerprint density at radius 3 is 2.96 bits per heavy atom. The van der Waals surface area contributed by atoms with Crippen molar-refractivity contribution < 1.29 is 9.47 Å². The van der Waals surface area contributed by atoms with Gasteiger partial charge in [-0.05, 0) is 25.5 Å². The summed E-state index contributed by atoms with van der Waals surface area (Å²) in [6.07, 6.45) is 3.89. The number of aromatic nitrogens is 1. The first kappa shape index (κ1) is 19.6. The van der Waals surface area contributed by atoms with Crippen LogP contribution in [0, 0.1) is 13.8 Å². The summed E-state index contributed by atoms with van der Waals surface area (Å²) >= 11 is 1.74. The first-order valence-corrected chi connectivity index (χ1v) is 10.2. The Morgan fingerprint density at radius 1 is 1.37 bits per heavy atom. The van der Waals surface area contributed by atoms with Gasteiger partial charge in [0.25, 0.3) is 0 Å². The monoisotopic (exact) mass is 388 g/mol. The quantitative estimate of drug-likeness (QED) is 0.564. The van der Waals surface area contributed by atoms with Crippen molar-refractivity contribution in [1.29, 1.82) is 0 Å². The molecule has 1 aromatic carbocycles. The fourth-order valence-corrected chi connectivity index (χ4v) is 3.69. The zero-order chi connectivity index (χ0) is 19.1. The number of hydrogen-bond acceptors (Lipinski definition) is 5. The van der Waals surface area contributed by atoms with E-state index in [1.807, 2.05) is 6.20 Å². The summed E-state index contributed by atoms with van der Waals surface area (Å²) in [4.78, 5) is 9.94. The van der Waals surface area contributed by atoms with Crippen LogP contribution in [-0.4, -0.2) is 43.9 Å². The Bertz CT molecular complexity index is 769. The lowest BCUT2D eigenvalue weighted by Gasteiger charge is -2.18. The largest absolute Gasteiger partial charge is 0.488 e. The Labute approximate surface area is 165 Å². The van der Waals surface area contributed by atoms with Crippen LogP contribution in [0.15, 0.2) is 29.4 Å². The summed E-state index contributed by atoms with van der Waals surface area (Å²) in [6, 6.07) is 6.31. The molecule has 3 rings (SSSR count). The number of rotatable bonds is 7. The van der Waals surface area contributed by atoms with Gasteiger partial charge in [-0.3, -0.25) is 4.99 Å². The summed E-state index contributed by atoms with van der Waals surface area (Å²) in [6.45, 7) is 7.05. The Morgan fingerprint density at radius 2 is 2.26 bits per heavy atom. The Balaban J connectivity index is 1.52. The summed E-state index contributed by atoms with van der Waals surface area (Å²) in [5, 5.41) is 7.86. The highest BCUT2D eigenvalue weighted by atomic mass is 32.1. The zero-order valence-corrected chi connectivity index (χ0v) is 17.1. The lowest BCUT2D eigenvalue weighted by atomic mass is 10.1. The van der Waals surface area contributed by atoms with E-state index in [-0.39, 0.29) is 6.10 Å². The molecule has 0 radical (unpaired) electrons. The van der Waals surface area contributed by atoms with E-state index in [0.717, 1.165) is 48.3 Å². The number of ether oxygens (including phenoxy) is 2. The number of hydrogen-bond donors (Lipinski definition) is 2. The van der Waals surface area contributed by atoms with Crippen LogP contribution in [0.2, 0.25) is 0 Å². The molecule has 2 heterocycles. The molecule has 1 atom stereocenters. The molecule has 1 fully saturated rings. The van der Waals surface area contributed by atoms with Crippen LogP contribution in [-0.2, 0) is 17.7 Å². The molecule has 0 saturated carbocycles. The predicted octanol–water partition coefficient (Wildman–Crippen LogP) is 2.84. The molecule has 2 aromatic rings. The van der Waals surface area contributed by atoms with Gasteiger partial charge in [-0.2, -0.15) is 0 Å². The van der Waals surface area contributed by atoms with Gasteiger partial charge in [0, 0.05) is 49.6 Å². The summed E-state index contributed by atoms with van der Waals surface area (Å²) in [5.74, 6) is 1.70. The zero-order valence-electron chi connectivity index (χ0n) is 16.2. The van der Waals surface area contributed by atoms with E-state index in [0.29, 0.717) is 13.2 Å². The van der Waals surface area contributed by atoms with Crippen LogP contribution >= 0.6 is 11.3 Å². The normalized spacial score (nSPS) is 17.1. The first-order chi connectivity index (χ1) is 13.1. The van der Waals surface area contributed by atoms with Gasteiger partial charge in [-0.15, -0.1) is 11.3 Å². The van der Waals surface area contributed by atoms with Crippen LogP contribution in [0.1, 0.15) is 27.4 Å². The highest BCUT2D eigenvalue weighted by molar-refractivity contribution is 7.11. The van der Waals surface area contributed by atoms with Crippen molar-refractivity contribution in [3.63, 3.8) is 0 Å². The Hall–Kier alpha value is -2.12. The van der Waals surface area contributed by atoms with Gasteiger partial charge in [0.05, 0.1) is 18.2 Å². The van der Waals surface area contributed by atoms with Gasteiger partial charge in [0.2, 0.25) is 0 Å². The predicted molar refractivity (Wildman–Crippen MR) is 110 cm³/mol. The lowest BCUT2D eigenvalue weighted by molar-refractivity contribution is 0.140. The van der Waals surface area contributed by atoms with Crippen LogP contribution in [0.5, 0.6) is 5.75 Å². The third kappa shape index (κ3) is 5.94. The standard InChI is InChI=1S/C20H28N4O2S/c1-14-4-5-16(18(10-14)26-17-7-9-25-13-17)12-24-20(21-3)22-8-6-19-23-11-15(2)27-19/h4-5,10-11,17H,6-9,12-13H2,1-3H3,(H2,21,22,24). The molecule has 0 spiro atoms. The van der Waals surface area contributed by atoms with Crippen LogP contribution in [0.3, 0.4) is 0 Å². The van der Waals surface area contributed by atoms with Gasteiger partial charge < -0.3 is 20.1 Å². The van der Waals surface area contributed by atoms with E-state index in [4.69, 9.17) is 9.47 Å². The molecule has 1 aliphatic heterocycles. The van der Waals surface area contributed by atoms with Crippen molar-refractivity contribution in [2.24, 2.45) is 4.99 Å². The van der Waals surface area contributed by atoms with Crippen molar-refractivity contribution in [2.45, 2.75) is 39.3 Å². The van der Waals surface area contributed by atoms with Crippen LogP contribution in [0.25, 0.3) is 0 Å². The van der Waals surface area contributed by atoms with E-state index in [9.17, 15) is 0 Å². The molecule has 1 aromatic heterocycles. The second-order valence-electron chi connectivity index (χ2n) is 6.68. The maximum Gasteiger partial charge on any atom is 0.191 e. The van der Waals surface area contributed by atoms with E-state index in [1.165, 1.54) is 10.4 Å². The second-order valence-corrected chi connectivity index (χ2v) is 8.00. The molecule has 0 amide bonds. The van der Waals surface area contributed by atoms with Crippen molar-refractivity contribution in [2.75, 3.05) is 26.8 Å². The van der Waals surface area contributed by atoms with E-state index < -0.39 is 0 Å². The smallest absolute Gasteiger partial charge is 0.191 e. The van der Waals surface area contributed by atoms with Gasteiger partial charge in [-0.25, -0.2) is 4.98 Å². The average Bonchev–Trinajstić information content (AvgIpc) is 3.31. The third-order valence-electron chi connectivity index (χ3n) is 4.37. The molecule has 2 N–H and O–H groups in total. The third-order valence-corrected chi connectivity index (χ3v) is 5.35. The number of benzene rings is 1. The Kier molecular flexibility index (Phi) is 7.06. The molecular formula is C20H28N4O2S. The highest BCUT2D eigenvalue weighted by Gasteiger charge is 2.18. The SMILES string of the molecule is CN=C(NCCc1ncc(C)s1)NCc1ccc(C)cc1OC1CCOC1. The van der Waals surface area contributed by atoms with Gasteiger partial charge >= 0.3 is 0 Å². The minimum absolute atomic E-state index is 0.143. The number of nitrogens with one attached hydrogen (secondary N) is 2. The fourth-order valence-electron chi connectivity index (χ4n) is 2.91. The number of nitrogens with zero attached hydrogens (tertiary/aromatic N) is 2. The molecule has 1 unspecified atom stereocenters. The molecule has 7 heteroatoms. The molecule has 146 valence electrons.